The summed E-state index contributed by atoms with van der Waals surface area (Å²) in [7, 11) is 1.58. The van der Waals surface area contributed by atoms with Gasteiger partial charge >= 0.3 is 5.95 Å². The lowest BCUT2D eigenvalue weighted by Gasteiger charge is -2.17. The van der Waals surface area contributed by atoms with Crippen LogP contribution in [0.5, 0.6) is 5.75 Å². The van der Waals surface area contributed by atoms with Gasteiger partial charge in [0.15, 0.2) is 5.70 Å². The van der Waals surface area contributed by atoms with Gasteiger partial charge in [-0.1, -0.05) is 23.3 Å². The number of aromatic nitrogens is 1. The summed E-state index contributed by atoms with van der Waals surface area (Å²) in [5.74, 6) is -0.0990. The lowest BCUT2D eigenvalue weighted by Crippen LogP contribution is -2.30. The van der Waals surface area contributed by atoms with Gasteiger partial charge in [-0.15, -0.1) is 21.6 Å². The van der Waals surface area contributed by atoms with Crippen LogP contribution in [-0.4, -0.2) is 23.1 Å². The molecule has 4 rings (SSSR count). The first-order valence-electron chi connectivity index (χ1n) is 8.83. The molecule has 0 spiro atoms. The van der Waals surface area contributed by atoms with E-state index in [4.69, 9.17) is 9.57 Å². The summed E-state index contributed by atoms with van der Waals surface area (Å²) in [6.07, 6.45) is 0. The molecule has 0 bridgehead atoms. The van der Waals surface area contributed by atoms with Gasteiger partial charge < -0.3 is 14.7 Å². The van der Waals surface area contributed by atoms with E-state index in [0.717, 1.165) is 5.56 Å². The number of hydrazine groups is 1. The normalized spacial score (nSPS) is 13.7. The summed E-state index contributed by atoms with van der Waals surface area (Å²) in [4.78, 5) is 21.5. The molecule has 9 nitrogen and oxygen atoms in total. The molecule has 152 valence electrons. The monoisotopic (exact) mass is 423 g/mol. The van der Waals surface area contributed by atoms with Gasteiger partial charge in [0.1, 0.15) is 11.4 Å². The number of nitrogens with one attached hydrogen (secondary N) is 1. The van der Waals surface area contributed by atoms with E-state index in [1.165, 1.54) is 16.3 Å². The molecule has 0 fully saturated rings. The van der Waals surface area contributed by atoms with E-state index in [-0.39, 0.29) is 11.1 Å². The maximum Gasteiger partial charge on any atom is 0.327 e. The van der Waals surface area contributed by atoms with Crippen molar-refractivity contribution in [3.05, 3.63) is 76.7 Å². The van der Waals surface area contributed by atoms with Gasteiger partial charge in [0.05, 0.1) is 12.8 Å². The molecule has 0 saturated heterocycles. The van der Waals surface area contributed by atoms with Crippen molar-refractivity contribution >= 4 is 33.8 Å². The van der Waals surface area contributed by atoms with Crippen LogP contribution in [-0.2, 0) is 4.84 Å². The Morgan fingerprint density at radius 3 is 2.63 bits per heavy atom. The molecule has 30 heavy (non-hydrogen) atoms. The molecule has 10 heteroatoms. The predicted molar refractivity (Wildman–Crippen MR) is 111 cm³/mol. The third-order valence-corrected chi connectivity index (χ3v) is 4.97. The Morgan fingerprint density at radius 2 is 1.93 bits per heavy atom. The van der Waals surface area contributed by atoms with Crippen molar-refractivity contribution in [3.63, 3.8) is 0 Å². The smallest absolute Gasteiger partial charge is 0.327 e. The Kier molecular flexibility index (Phi) is 5.42. The van der Waals surface area contributed by atoms with Gasteiger partial charge in [-0.25, -0.2) is 9.99 Å². The molecular weight excluding hydrogens is 406 g/mol. The topological polar surface area (TPSA) is 109 Å². The van der Waals surface area contributed by atoms with E-state index in [1.807, 2.05) is 19.1 Å². The van der Waals surface area contributed by atoms with E-state index < -0.39 is 5.91 Å². The average molecular weight is 423 g/mol. The summed E-state index contributed by atoms with van der Waals surface area (Å²) in [6.45, 7) is 1.94. The molecule has 0 atom stereocenters. The minimum Gasteiger partial charge on any atom is -0.497 e. The molecule has 1 aliphatic heterocycles. The molecule has 0 unspecified atom stereocenters. The molecule has 0 radical (unpaired) electrons. The number of hydrogen-bond donors (Lipinski definition) is 2. The Hall–Kier alpha value is -3.76. The zero-order valence-electron chi connectivity index (χ0n) is 16.1. The van der Waals surface area contributed by atoms with E-state index in [0.29, 0.717) is 28.4 Å². The molecule has 1 amide bonds. The van der Waals surface area contributed by atoms with Gasteiger partial charge in [-0.05, 0) is 43.3 Å². The Morgan fingerprint density at radius 1 is 1.20 bits per heavy atom. The number of hydrogen-bond acceptors (Lipinski definition) is 9. The highest BCUT2D eigenvalue weighted by atomic mass is 32.1. The number of methoxy groups -OCH3 is 1. The minimum absolute atomic E-state index is 0.271. The van der Waals surface area contributed by atoms with Gasteiger partial charge in [0, 0.05) is 10.9 Å². The van der Waals surface area contributed by atoms with Crippen LogP contribution < -0.4 is 15.3 Å². The predicted octanol–water partition coefficient (Wildman–Crippen LogP) is 4.52. The van der Waals surface area contributed by atoms with Gasteiger partial charge in [-0.2, -0.15) is 0 Å². The second-order valence-electron chi connectivity index (χ2n) is 6.27. The van der Waals surface area contributed by atoms with Crippen molar-refractivity contribution < 1.29 is 19.5 Å². The third-order valence-electron chi connectivity index (χ3n) is 4.25. The molecule has 3 aromatic rings. The summed E-state index contributed by atoms with van der Waals surface area (Å²) in [5.41, 5.74) is 5.53. The Balaban J connectivity index is 1.53. The van der Waals surface area contributed by atoms with E-state index >= 15 is 0 Å². The van der Waals surface area contributed by atoms with Crippen LogP contribution in [0.15, 0.2) is 70.1 Å². The highest BCUT2D eigenvalue weighted by Gasteiger charge is 2.29. The van der Waals surface area contributed by atoms with Crippen LogP contribution in [0.1, 0.15) is 21.6 Å². The van der Waals surface area contributed by atoms with Crippen LogP contribution in [0.25, 0.3) is 5.70 Å². The van der Waals surface area contributed by atoms with Crippen LogP contribution in [0.2, 0.25) is 0 Å². The molecular formula is C20H17N5O4S. The zero-order valence-corrected chi connectivity index (χ0v) is 16.9. The zero-order chi connectivity index (χ0) is 21.1. The molecule has 2 aromatic carbocycles. The summed E-state index contributed by atoms with van der Waals surface area (Å²) in [6, 6.07) is 14.2. The number of aryl methyl sites for hydroxylation is 1. The summed E-state index contributed by atoms with van der Waals surface area (Å²) in [5, 5.41) is 21.3. The quantitative estimate of drug-likeness (QED) is 0.581. The number of carbonyl (C=O) groups is 1. The number of ether oxygens (including phenoxy) is 1. The van der Waals surface area contributed by atoms with Crippen LogP contribution in [0, 0.1) is 6.92 Å². The first-order valence-corrected chi connectivity index (χ1v) is 9.71. The van der Waals surface area contributed by atoms with E-state index in [9.17, 15) is 9.90 Å². The summed E-state index contributed by atoms with van der Waals surface area (Å²) >= 11 is 1.18. The maximum atomic E-state index is 12.2. The first kappa shape index (κ1) is 19.6. The van der Waals surface area contributed by atoms with Crippen molar-refractivity contribution in [1.82, 2.24) is 10.6 Å². The largest absolute Gasteiger partial charge is 0.497 e. The number of nitrogens with zero attached hydrogens (tertiary/aromatic N) is 4. The number of azo groups is 1. The lowest BCUT2D eigenvalue weighted by atomic mass is 10.1. The fraction of sp³-hybridized carbons (Fsp3) is 0.100. The van der Waals surface area contributed by atoms with E-state index in [1.54, 1.807) is 48.9 Å². The van der Waals surface area contributed by atoms with Crippen molar-refractivity contribution in [2.45, 2.75) is 6.92 Å². The molecule has 0 saturated carbocycles. The van der Waals surface area contributed by atoms with Crippen molar-refractivity contribution in [3.8, 4) is 5.75 Å². The number of thiazole rings is 1. The van der Waals surface area contributed by atoms with E-state index in [2.05, 4.69) is 20.8 Å². The maximum absolute atomic E-state index is 12.2. The molecule has 2 N–H and O–H groups in total. The van der Waals surface area contributed by atoms with Crippen molar-refractivity contribution in [1.29, 1.82) is 0 Å². The number of aliphatic hydroxyl groups is 1. The number of benzene rings is 2. The highest BCUT2D eigenvalue weighted by Crippen LogP contribution is 2.33. The minimum atomic E-state index is -0.459. The van der Waals surface area contributed by atoms with Crippen LogP contribution in [0.4, 0.5) is 10.8 Å². The average Bonchev–Trinajstić information content (AvgIpc) is 3.38. The molecule has 0 aliphatic carbocycles. The third kappa shape index (κ3) is 4.00. The number of carbonyl (C=O) groups excluding carboxylic acids is 1. The van der Waals surface area contributed by atoms with Gasteiger partial charge in [0.25, 0.3) is 5.91 Å². The second kappa shape index (κ2) is 8.31. The first-order chi connectivity index (χ1) is 14.5. The van der Waals surface area contributed by atoms with Crippen molar-refractivity contribution in [2.75, 3.05) is 12.1 Å². The van der Waals surface area contributed by atoms with Gasteiger partial charge in [0.2, 0.25) is 5.13 Å². The van der Waals surface area contributed by atoms with Gasteiger partial charge in [-0.3, -0.25) is 4.79 Å². The molecule has 1 aromatic heterocycles. The standard InChI is InChI=1S/C20H17N5O4S/c1-12-3-5-13(6-4-12)18(26)22-23-20-21-16(11-30-20)17-19(27)29-24-25(17)14-7-9-15(28-2)10-8-14/h3-11,24,27H,1-2H3. The lowest BCUT2D eigenvalue weighted by molar-refractivity contribution is 0.0461. The van der Waals surface area contributed by atoms with Crippen LogP contribution >= 0.6 is 11.3 Å². The highest BCUT2D eigenvalue weighted by molar-refractivity contribution is 7.13. The SMILES string of the molecule is COc1ccc(N2NOC(O)=C2c2csc(N=NC(=O)c3ccc(C)cc3)n2)cc1. The Labute approximate surface area is 175 Å². The number of anilines is 1. The fourth-order valence-corrected chi connectivity index (χ4v) is 3.30. The number of rotatable bonds is 5. The Bertz CT molecular complexity index is 1120. The molecule has 1 aliphatic rings. The number of amides is 1. The van der Waals surface area contributed by atoms with Crippen molar-refractivity contribution in [2.24, 2.45) is 10.2 Å². The molecule has 2 heterocycles. The fourth-order valence-electron chi connectivity index (χ4n) is 2.68. The summed E-state index contributed by atoms with van der Waals surface area (Å²) < 4.78 is 5.16. The number of aliphatic hydroxyl groups excluding tert-OH is 1. The second-order valence-corrected chi connectivity index (χ2v) is 7.10. The van der Waals surface area contributed by atoms with Crippen LogP contribution in [0.3, 0.4) is 0 Å².